The van der Waals surface area contributed by atoms with Crippen molar-refractivity contribution in [1.82, 2.24) is 9.38 Å². The maximum atomic E-state index is 4.18. The van der Waals surface area contributed by atoms with E-state index < -0.39 is 0 Å². The summed E-state index contributed by atoms with van der Waals surface area (Å²) in [6, 6.07) is 0. The molecule has 0 bridgehead atoms. The van der Waals surface area contributed by atoms with Crippen molar-refractivity contribution in [2.45, 2.75) is 21.3 Å². The molecule has 0 aliphatic rings. The van der Waals surface area contributed by atoms with E-state index in [0.717, 1.165) is 4.96 Å². The van der Waals surface area contributed by atoms with Crippen LogP contribution in [-0.4, -0.2) is 9.38 Å². The maximum absolute atomic E-state index is 4.18. The molecule has 0 radical (unpaired) electrons. The normalized spacial score (nSPS) is 8.46. The Labute approximate surface area is 98.3 Å². The van der Waals surface area contributed by atoms with Gasteiger partial charge in [-0.05, 0) is 13.8 Å². The molecule has 74 valence electrons. The fraction of sp³-hybridized carbons (Fsp3) is 0.333. The molecule has 0 unspecified atom stereocenters. The van der Waals surface area contributed by atoms with Crippen molar-refractivity contribution in [3.05, 3.63) is 30.4 Å². The van der Waals surface area contributed by atoms with Crippen LogP contribution >= 0.6 is 11.3 Å². The minimum absolute atomic E-state index is 0. The van der Waals surface area contributed by atoms with E-state index in [-0.39, 0.29) is 35.9 Å². The van der Waals surface area contributed by atoms with Crippen LogP contribution in [-0.2, 0) is 21.1 Å². The van der Waals surface area contributed by atoms with Crippen LogP contribution in [0.2, 0.25) is 0 Å². The van der Waals surface area contributed by atoms with Gasteiger partial charge < -0.3 is 7.43 Å². The molecule has 4 heteroatoms. The number of hydrogen-bond donors (Lipinski definition) is 0. The van der Waals surface area contributed by atoms with Gasteiger partial charge in [0.1, 0.15) is 0 Å². The van der Waals surface area contributed by atoms with E-state index in [9.17, 15) is 0 Å². The molecule has 0 amide bonds. The van der Waals surface area contributed by atoms with E-state index in [1.54, 1.807) is 11.3 Å². The van der Waals surface area contributed by atoms with Gasteiger partial charge in [-0.25, -0.2) is 4.98 Å². The molecule has 0 saturated carbocycles. The zero-order valence-corrected chi connectivity index (χ0v) is 11.1. The van der Waals surface area contributed by atoms with Crippen LogP contribution < -0.4 is 0 Å². The zero-order chi connectivity index (χ0) is 7.14. The van der Waals surface area contributed by atoms with Gasteiger partial charge in [-0.15, -0.1) is 11.3 Å². The maximum Gasteiger partial charge on any atom is 0.194 e. The number of thiazole rings is 1. The van der Waals surface area contributed by atoms with E-state index in [2.05, 4.69) is 23.2 Å². The topological polar surface area (TPSA) is 17.3 Å². The predicted molar refractivity (Wildman–Crippen MR) is 55.7 cm³/mol. The van der Waals surface area contributed by atoms with Crippen LogP contribution in [0, 0.1) is 21.3 Å². The summed E-state index contributed by atoms with van der Waals surface area (Å²) in [5, 5.41) is 0. The summed E-state index contributed by atoms with van der Waals surface area (Å²) in [5.74, 6) is 0. The second-order valence-electron chi connectivity index (χ2n) is 2.32. The first-order valence-corrected chi connectivity index (χ1v) is 4.00. The first-order valence-electron chi connectivity index (χ1n) is 3.18. The molecule has 2 nitrogen and oxygen atoms in total. The van der Waals surface area contributed by atoms with Crippen LogP contribution in [0.25, 0.3) is 4.96 Å². The number of hydrogen-bond acceptors (Lipinski definition) is 2. The summed E-state index contributed by atoms with van der Waals surface area (Å²) in [6.45, 7) is 4.23. The van der Waals surface area contributed by atoms with Gasteiger partial charge in [0.2, 0.25) is 0 Å². The number of rotatable bonds is 0. The van der Waals surface area contributed by atoms with E-state index in [0.29, 0.717) is 0 Å². The Bertz CT molecular complexity index is 364. The first-order chi connectivity index (χ1) is 4.79. The largest absolute Gasteiger partial charge is 0.358 e. The summed E-state index contributed by atoms with van der Waals surface area (Å²) in [6.07, 6.45) is 3.83. The summed E-state index contributed by atoms with van der Waals surface area (Å²) in [5.41, 5.74) is 1.30. The molecule has 0 aliphatic carbocycles. The Morgan fingerprint density at radius 1 is 1.38 bits per heavy atom. The third-order valence-corrected chi connectivity index (χ3v) is 2.81. The fourth-order valence-corrected chi connectivity index (χ4v) is 1.93. The quantitative estimate of drug-likeness (QED) is 0.655. The van der Waals surface area contributed by atoms with Gasteiger partial charge in [-0.1, -0.05) is 7.43 Å². The van der Waals surface area contributed by atoms with Crippen molar-refractivity contribution in [3.8, 4) is 0 Å². The molecule has 0 fully saturated rings. The van der Waals surface area contributed by atoms with Gasteiger partial charge in [0, 0.05) is 44.0 Å². The Balaban J connectivity index is 0. The molecular weight excluding hydrogens is 352 g/mol. The summed E-state index contributed by atoms with van der Waals surface area (Å²) >= 11 is 1.74. The monoisotopic (exact) mass is 367 g/mol. The number of imidazole rings is 1. The first kappa shape index (κ1) is 15.3. The summed E-state index contributed by atoms with van der Waals surface area (Å²) in [7, 11) is 0. The van der Waals surface area contributed by atoms with Gasteiger partial charge in [-0.3, -0.25) is 4.40 Å². The van der Waals surface area contributed by atoms with Crippen molar-refractivity contribution in [2.24, 2.45) is 0 Å². The zero-order valence-electron chi connectivity index (χ0n) is 7.37. The van der Waals surface area contributed by atoms with Crippen LogP contribution in [0.4, 0.5) is 0 Å². The molecule has 2 heterocycles. The molecule has 0 aliphatic heterocycles. The van der Waals surface area contributed by atoms with Gasteiger partial charge in [0.05, 0.1) is 0 Å². The van der Waals surface area contributed by atoms with Crippen molar-refractivity contribution in [2.75, 3.05) is 0 Å². The molecule has 13 heavy (non-hydrogen) atoms. The van der Waals surface area contributed by atoms with Crippen LogP contribution in [0.15, 0.2) is 12.4 Å². The second kappa shape index (κ2) is 5.56. The van der Waals surface area contributed by atoms with Gasteiger partial charge in [-0.2, -0.15) is 0 Å². The molecule has 2 aromatic rings. The number of aryl methyl sites for hydroxylation is 2. The minimum Gasteiger partial charge on any atom is -0.358 e. The Morgan fingerprint density at radius 2 is 2.00 bits per heavy atom. The van der Waals surface area contributed by atoms with Crippen LogP contribution in [0.5, 0.6) is 0 Å². The van der Waals surface area contributed by atoms with Crippen molar-refractivity contribution >= 4 is 16.3 Å². The van der Waals surface area contributed by atoms with E-state index in [4.69, 9.17) is 0 Å². The van der Waals surface area contributed by atoms with Gasteiger partial charge >= 0.3 is 0 Å². The number of aromatic nitrogens is 2. The number of nitrogens with zero attached hydrogens (tertiary/aromatic N) is 2. The van der Waals surface area contributed by atoms with Crippen molar-refractivity contribution in [3.63, 3.8) is 0 Å². The SMILES string of the molecule is C.Cc1sc2nccn2c1C.[CH3-].[W]. The Morgan fingerprint density at radius 3 is 2.54 bits per heavy atom. The molecule has 0 atom stereocenters. The summed E-state index contributed by atoms with van der Waals surface area (Å²) in [4.78, 5) is 6.62. The van der Waals surface area contributed by atoms with Crippen LogP contribution in [0.3, 0.4) is 0 Å². The fourth-order valence-electron chi connectivity index (χ4n) is 1.00. The second-order valence-corrected chi connectivity index (χ2v) is 3.51. The molecule has 0 spiro atoms. The van der Waals surface area contributed by atoms with E-state index in [1.807, 2.05) is 12.4 Å². The average molecular weight is 367 g/mol. The molecule has 0 saturated heterocycles. The van der Waals surface area contributed by atoms with Crippen molar-refractivity contribution < 1.29 is 21.1 Å². The molecule has 0 aromatic carbocycles. The number of fused-ring (bicyclic) bond motifs is 1. The van der Waals surface area contributed by atoms with E-state index >= 15 is 0 Å². The summed E-state index contributed by atoms with van der Waals surface area (Å²) < 4.78 is 2.11. The third-order valence-electron chi connectivity index (χ3n) is 1.72. The standard InChI is InChI=1S/C7H8N2S.CH4.CH3.W/c1-5-6(2)10-7-8-3-4-9(5)7;;;/h3-4H,1-2H3;1H4;1H3;/q;;-1;. The van der Waals surface area contributed by atoms with E-state index in [1.165, 1.54) is 10.6 Å². The minimum atomic E-state index is 0. The van der Waals surface area contributed by atoms with Crippen molar-refractivity contribution in [1.29, 1.82) is 0 Å². The Hall–Kier alpha value is -0.142. The predicted octanol–water partition coefficient (Wildman–Crippen LogP) is 3.10. The molecule has 0 N–H and O–H groups in total. The van der Waals surface area contributed by atoms with Gasteiger partial charge in [0.25, 0.3) is 0 Å². The Kier molecular flexibility index (Phi) is 6.56. The molecular formula is C9H15N2SW-. The van der Waals surface area contributed by atoms with Crippen LogP contribution in [0.1, 0.15) is 18.0 Å². The van der Waals surface area contributed by atoms with Gasteiger partial charge in [0.15, 0.2) is 4.96 Å². The smallest absolute Gasteiger partial charge is 0.194 e. The molecule has 2 rings (SSSR count). The third kappa shape index (κ3) is 2.41. The molecule has 2 aromatic heterocycles. The average Bonchev–Trinajstić information content (AvgIpc) is 2.41.